The zero-order chi connectivity index (χ0) is 20.8. The van der Waals surface area contributed by atoms with Crippen molar-refractivity contribution in [1.29, 1.82) is 0 Å². The lowest BCUT2D eigenvalue weighted by Gasteiger charge is -2.36. The third kappa shape index (κ3) is 3.26. The van der Waals surface area contributed by atoms with Crippen LogP contribution in [0.3, 0.4) is 0 Å². The smallest absolute Gasteiger partial charge is 0.231 e. The van der Waals surface area contributed by atoms with Gasteiger partial charge in [-0.05, 0) is 50.7 Å². The summed E-state index contributed by atoms with van der Waals surface area (Å²) >= 11 is 1.76. The summed E-state index contributed by atoms with van der Waals surface area (Å²) in [6.45, 7) is 7.71. The van der Waals surface area contributed by atoms with Gasteiger partial charge in [-0.25, -0.2) is 9.97 Å². The summed E-state index contributed by atoms with van der Waals surface area (Å²) in [5, 5.41) is 8.00. The molecular weight excluding hydrogens is 398 g/mol. The number of carbonyl (C=O) groups is 1. The standard InChI is InChI=1S/C21H27N7OS/c1-13-14(2)30-21(25-13)18-15-5-3-4-6-16(15)20-19(18)23-12-24-28(20)27-9-7-26(8-10-27)11-17(22)29/h12H,3-11H2,1-2H3,(H2,22,29). The quantitative estimate of drug-likeness (QED) is 0.684. The largest absolute Gasteiger partial charge is 0.369 e. The molecule has 30 heavy (non-hydrogen) atoms. The second kappa shape index (κ2) is 7.63. The predicted octanol–water partition coefficient (Wildman–Crippen LogP) is 1.74. The van der Waals surface area contributed by atoms with Crippen LogP contribution in [0.1, 0.15) is 34.5 Å². The van der Waals surface area contributed by atoms with Crippen molar-refractivity contribution in [3.8, 4) is 22.0 Å². The summed E-state index contributed by atoms with van der Waals surface area (Å²) in [5.41, 5.74) is 12.6. The lowest BCUT2D eigenvalue weighted by atomic mass is 9.93. The number of nitrogens with zero attached hydrogens (tertiary/aromatic N) is 6. The molecule has 0 radical (unpaired) electrons. The fourth-order valence-electron chi connectivity index (χ4n) is 4.71. The van der Waals surface area contributed by atoms with Gasteiger partial charge in [-0.1, -0.05) is 0 Å². The monoisotopic (exact) mass is 425 g/mol. The van der Waals surface area contributed by atoms with Gasteiger partial charge >= 0.3 is 0 Å². The van der Waals surface area contributed by atoms with E-state index in [1.54, 1.807) is 17.7 Å². The van der Waals surface area contributed by atoms with Crippen LogP contribution in [0.4, 0.5) is 0 Å². The summed E-state index contributed by atoms with van der Waals surface area (Å²) in [4.78, 5) is 26.3. The van der Waals surface area contributed by atoms with Crippen LogP contribution in [0.2, 0.25) is 0 Å². The van der Waals surface area contributed by atoms with E-state index in [0.29, 0.717) is 6.54 Å². The molecule has 2 N–H and O–H groups in total. The van der Waals surface area contributed by atoms with Gasteiger partial charge in [0.25, 0.3) is 0 Å². The van der Waals surface area contributed by atoms with Gasteiger partial charge in [0.1, 0.15) is 22.7 Å². The molecule has 3 heterocycles. The van der Waals surface area contributed by atoms with Crippen molar-refractivity contribution in [2.75, 3.05) is 37.7 Å². The van der Waals surface area contributed by atoms with Gasteiger partial charge in [0.2, 0.25) is 5.91 Å². The second-order valence-corrected chi connectivity index (χ2v) is 9.45. The molecule has 0 saturated carbocycles. The minimum atomic E-state index is -0.274. The predicted molar refractivity (Wildman–Crippen MR) is 117 cm³/mol. The number of amides is 1. The minimum absolute atomic E-state index is 0.274. The third-order valence-corrected chi connectivity index (χ3v) is 7.39. The highest BCUT2D eigenvalue weighted by Gasteiger charge is 2.33. The summed E-state index contributed by atoms with van der Waals surface area (Å²) < 4.78 is 0. The Morgan fingerprint density at radius 3 is 2.53 bits per heavy atom. The number of fused-ring (bicyclic) bond motifs is 3. The maximum Gasteiger partial charge on any atom is 0.231 e. The van der Waals surface area contributed by atoms with Crippen molar-refractivity contribution < 1.29 is 4.79 Å². The van der Waals surface area contributed by atoms with Gasteiger partial charge in [0.15, 0.2) is 0 Å². The van der Waals surface area contributed by atoms with Crippen molar-refractivity contribution in [3.63, 3.8) is 0 Å². The van der Waals surface area contributed by atoms with Crippen LogP contribution in [0.5, 0.6) is 0 Å². The Morgan fingerprint density at radius 1 is 1.13 bits per heavy atom. The molecule has 2 aliphatic heterocycles. The molecule has 1 aromatic heterocycles. The molecule has 4 aliphatic rings. The maximum absolute atomic E-state index is 11.3. The number of aromatic nitrogens is 4. The van der Waals surface area contributed by atoms with E-state index >= 15 is 0 Å². The Kier molecular flexibility index (Phi) is 4.94. The first kappa shape index (κ1) is 19.4. The average molecular weight is 426 g/mol. The molecule has 0 aromatic carbocycles. The number of aryl methyl sites for hydroxylation is 2. The van der Waals surface area contributed by atoms with Crippen molar-refractivity contribution in [1.82, 2.24) is 24.8 Å². The van der Waals surface area contributed by atoms with Crippen LogP contribution < -0.4 is 10.7 Å². The van der Waals surface area contributed by atoms with Crippen LogP contribution >= 0.6 is 11.3 Å². The first-order chi connectivity index (χ1) is 14.5. The van der Waals surface area contributed by atoms with E-state index in [-0.39, 0.29) is 5.91 Å². The molecule has 0 unspecified atom stereocenters. The van der Waals surface area contributed by atoms with Crippen LogP contribution in [-0.4, -0.2) is 63.4 Å². The van der Waals surface area contributed by atoms with E-state index in [0.717, 1.165) is 61.1 Å². The first-order valence-electron chi connectivity index (χ1n) is 10.6. The van der Waals surface area contributed by atoms with E-state index in [4.69, 9.17) is 15.7 Å². The molecule has 1 saturated heterocycles. The number of rotatable bonds is 4. The van der Waals surface area contributed by atoms with Crippen LogP contribution in [0, 0.1) is 13.8 Å². The molecule has 8 nitrogen and oxygen atoms in total. The molecule has 0 atom stereocenters. The zero-order valence-electron chi connectivity index (χ0n) is 17.5. The number of carbonyl (C=O) groups excluding carboxylic acids is 1. The molecule has 1 fully saturated rings. The molecule has 1 amide bonds. The Bertz CT molecular complexity index is 1040. The van der Waals surface area contributed by atoms with Crippen LogP contribution in [0.15, 0.2) is 6.33 Å². The van der Waals surface area contributed by atoms with E-state index in [1.165, 1.54) is 34.4 Å². The molecule has 1 aromatic rings. The fraction of sp³-hybridized carbons (Fsp3) is 0.524. The number of hydrogen-bond donors (Lipinski definition) is 1. The van der Waals surface area contributed by atoms with Crippen molar-refractivity contribution in [3.05, 3.63) is 28.0 Å². The lowest BCUT2D eigenvalue weighted by Crippen LogP contribution is -2.53. The Hall–Kier alpha value is -2.52. The average Bonchev–Trinajstić information content (AvgIpc) is 3.24. The molecule has 0 bridgehead atoms. The lowest BCUT2D eigenvalue weighted by molar-refractivity contribution is -0.119. The number of hydrogen-bond acceptors (Lipinski definition) is 7. The summed E-state index contributed by atoms with van der Waals surface area (Å²) in [5.74, 6) is -0.274. The summed E-state index contributed by atoms with van der Waals surface area (Å²) in [6.07, 6.45) is 6.21. The molecule has 9 heteroatoms. The first-order valence-corrected chi connectivity index (χ1v) is 11.4. The van der Waals surface area contributed by atoms with Crippen LogP contribution in [0.25, 0.3) is 22.0 Å². The number of thiazole rings is 1. The van der Waals surface area contributed by atoms with Gasteiger partial charge in [-0.15, -0.1) is 16.4 Å². The van der Waals surface area contributed by atoms with E-state index in [9.17, 15) is 4.79 Å². The highest BCUT2D eigenvalue weighted by Crippen LogP contribution is 2.46. The molecule has 2 aliphatic carbocycles. The SMILES string of the molecule is Cc1nc(-c2c3ncnn(N4CCN(CC(N)=O)CC4)c-3c3c2CCCC3)sc1C. The van der Waals surface area contributed by atoms with Crippen LogP contribution in [-0.2, 0) is 17.6 Å². The van der Waals surface area contributed by atoms with Crippen molar-refractivity contribution >= 4 is 17.2 Å². The van der Waals surface area contributed by atoms with Crippen molar-refractivity contribution in [2.24, 2.45) is 5.73 Å². The van der Waals surface area contributed by atoms with Gasteiger partial charge in [0.05, 0.1) is 12.2 Å². The number of primary amides is 1. The Balaban J connectivity index is 1.56. The topological polar surface area (TPSA) is 93.2 Å². The zero-order valence-corrected chi connectivity index (χ0v) is 18.3. The third-order valence-electron chi connectivity index (χ3n) is 6.30. The molecule has 0 spiro atoms. The number of piperazine rings is 1. The summed E-state index contributed by atoms with van der Waals surface area (Å²) in [7, 11) is 0. The molecule has 5 rings (SSSR count). The van der Waals surface area contributed by atoms with Gasteiger partial charge in [-0.2, -0.15) is 4.79 Å². The fourth-order valence-corrected chi connectivity index (χ4v) is 5.70. The highest BCUT2D eigenvalue weighted by atomic mass is 32.1. The highest BCUT2D eigenvalue weighted by molar-refractivity contribution is 7.15. The summed E-state index contributed by atoms with van der Waals surface area (Å²) in [6, 6.07) is 0. The normalized spacial score (nSPS) is 17.5. The molecule has 158 valence electrons. The van der Waals surface area contributed by atoms with E-state index in [1.807, 2.05) is 0 Å². The minimum Gasteiger partial charge on any atom is -0.369 e. The Labute approximate surface area is 180 Å². The Morgan fingerprint density at radius 2 is 1.87 bits per heavy atom. The second-order valence-electron chi connectivity index (χ2n) is 8.24. The maximum atomic E-state index is 11.3. The van der Waals surface area contributed by atoms with Crippen molar-refractivity contribution in [2.45, 2.75) is 39.5 Å². The molecular formula is C21H27N7OS. The van der Waals surface area contributed by atoms with Gasteiger partial charge < -0.3 is 5.73 Å². The number of nitrogens with two attached hydrogens (primary N) is 1. The van der Waals surface area contributed by atoms with Gasteiger partial charge in [0, 0.05) is 36.6 Å². The van der Waals surface area contributed by atoms with E-state index in [2.05, 4.69) is 33.6 Å². The van der Waals surface area contributed by atoms with E-state index < -0.39 is 0 Å². The van der Waals surface area contributed by atoms with Gasteiger partial charge in [-0.3, -0.25) is 14.7 Å².